The quantitative estimate of drug-likeness (QED) is 0.555. The van der Waals surface area contributed by atoms with E-state index in [4.69, 9.17) is 16.3 Å². The fourth-order valence-electron chi connectivity index (χ4n) is 1.63. The first-order valence-electron chi connectivity index (χ1n) is 6.03. The van der Waals surface area contributed by atoms with Gasteiger partial charge in [0.1, 0.15) is 12.4 Å². The molecule has 0 bridgehead atoms. The van der Waals surface area contributed by atoms with Crippen LogP contribution in [0.2, 0.25) is 5.02 Å². The summed E-state index contributed by atoms with van der Waals surface area (Å²) in [6, 6.07) is 12.7. The van der Waals surface area contributed by atoms with Crippen LogP contribution in [0.25, 0.3) is 6.08 Å². The molecule has 4 nitrogen and oxygen atoms in total. The molecule has 2 aromatic rings. The van der Waals surface area contributed by atoms with Crippen LogP contribution in [0.4, 0.5) is 0 Å². The van der Waals surface area contributed by atoms with Gasteiger partial charge < -0.3 is 4.74 Å². The summed E-state index contributed by atoms with van der Waals surface area (Å²) in [4.78, 5) is 9.78. The molecule has 0 heterocycles. The molecule has 2 aromatic carbocycles. The minimum absolute atomic E-state index is 0.417. The molecule has 108 valence electrons. The second-order valence-corrected chi connectivity index (χ2v) is 5.50. The lowest BCUT2D eigenvalue weighted by Crippen LogP contribution is -1.96. The maximum atomic E-state index is 10.3. The fourth-order valence-corrected chi connectivity index (χ4v) is 2.26. The van der Waals surface area contributed by atoms with E-state index in [0.717, 1.165) is 21.8 Å². The monoisotopic (exact) mass is 367 g/mol. The molecule has 0 amide bonds. The Morgan fingerprint density at radius 3 is 2.57 bits per heavy atom. The van der Waals surface area contributed by atoms with Gasteiger partial charge >= 0.3 is 0 Å². The van der Waals surface area contributed by atoms with Crippen molar-refractivity contribution in [2.24, 2.45) is 0 Å². The zero-order chi connectivity index (χ0) is 15.2. The van der Waals surface area contributed by atoms with Gasteiger partial charge in [0.2, 0.25) is 6.20 Å². The Hall–Kier alpha value is -1.85. The van der Waals surface area contributed by atoms with Crippen LogP contribution < -0.4 is 4.74 Å². The molecule has 0 spiro atoms. The maximum absolute atomic E-state index is 10.3. The van der Waals surface area contributed by atoms with E-state index < -0.39 is 4.92 Å². The summed E-state index contributed by atoms with van der Waals surface area (Å²) < 4.78 is 6.43. The van der Waals surface area contributed by atoms with Crippen LogP contribution in [0.5, 0.6) is 5.75 Å². The lowest BCUT2D eigenvalue weighted by atomic mass is 10.2. The highest BCUT2D eigenvalue weighted by atomic mass is 79.9. The zero-order valence-corrected chi connectivity index (χ0v) is 13.2. The van der Waals surface area contributed by atoms with Crippen molar-refractivity contribution in [3.63, 3.8) is 0 Å². The number of nitro groups is 1. The molecule has 0 unspecified atom stereocenters. The summed E-state index contributed by atoms with van der Waals surface area (Å²) in [5.74, 6) is 0.670. The van der Waals surface area contributed by atoms with E-state index in [1.165, 1.54) is 6.08 Å². The second-order valence-electron chi connectivity index (χ2n) is 4.21. The van der Waals surface area contributed by atoms with Gasteiger partial charge in [-0.2, -0.15) is 0 Å². The SMILES string of the molecule is O=[N+]([O-])C=Cc1ccc(OCc2ccc(Cl)cc2)c(Br)c1. The van der Waals surface area contributed by atoms with E-state index in [9.17, 15) is 10.1 Å². The first-order valence-corrected chi connectivity index (χ1v) is 7.20. The summed E-state index contributed by atoms with van der Waals surface area (Å²) in [5.41, 5.74) is 1.72. The Morgan fingerprint density at radius 2 is 1.95 bits per heavy atom. The zero-order valence-electron chi connectivity index (χ0n) is 10.8. The largest absolute Gasteiger partial charge is 0.488 e. The molecular weight excluding hydrogens is 358 g/mol. The van der Waals surface area contributed by atoms with Crippen LogP contribution in [-0.4, -0.2) is 4.92 Å². The number of ether oxygens (including phenoxy) is 1. The first-order chi connectivity index (χ1) is 10.0. The molecule has 0 aromatic heterocycles. The van der Waals surface area contributed by atoms with Gasteiger partial charge in [0, 0.05) is 11.1 Å². The average Bonchev–Trinajstić information content (AvgIpc) is 2.46. The van der Waals surface area contributed by atoms with Crippen molar-refractivity contribution < 1.29 is 9.66 Å². The van der Waals surface area contributed by atoms with Gasteiger partial charge in [-0.15, -0.1) is 0 Å². The Bertz CT molecular complexity index is 671. The first kappa shape index (κ1) is 15.5. The van der Waals surface area contributed by atoms with Crippen LogP contribution in [0.15, 0.2) is 53.1 Å². The summed E-state index contributed by atoms with van der Waals surface area (Å²) in [5, 5.41) is 11.0. The van der Waals surface area contributed by atoms with Gasteiger partial charge in [-0.1, -0.05) is 29.8 Å². The highest BCUT2D eigenvalue weighted by Gasteiger charge is 2.03. The van der Waals surface area contributed by atoms with E-state index in [1.807, 2.05) is 12.1 Å². The molecule has 0 N–H and O–H groups in total. The number of rotatable bonds is 5. The van der Waals surface area contributed by atoms with Crippen molar-refractivity contribution in [1.29, 1.82) is 0 Å². The highest BCUT2D eigenvalue weighted by Crippen LogP contribution is 2.27. The third-order valence-electron chi connectivity index (χ3n) is 2.65. The molecule has 21 heavy (non-hydrogen) atoms. The van der Waals surface area contributed by atoms with Crippen molar-refractivity contribution >= 4 is 33.6 Å². The molecule has 0 aliphatic carbocycles. The minimum Gasteiger partial charge on any atom is -0.488 e. The highest BCUT2D eigenvalue weighted by molar-refractivity contribution is 9.10. The summed E-state index contributed by atoms with van der Waals surface area (Å²) >= 11 is 9.21. The summed E-state index contributed by atoms with van der Waals surface area (Å²) in [6.45, 7) is 0.417. The normalized spacial score (nSPS) is 10.8. The molecule has 0 aliphatic rings. The number of benzene rings is 2. The number of nitrogens with zero attached hydrogens (tertiary/aromatic N) is 1. The minimum atomic E-state index is -0.501. The van der Waals surface area contributed by atoms with Gasteiger partial charge in [0.15, 0.2) is 0 Å². The van der Waals surface area contributed by atoms with Crippen LogP contribution in [0.3, 0.4) is 0 Å². The van der Waals surface area contributed by atoms with E-state index in [1.54, 1.807) is 30.3 Å². The molecule has 0 fully saturated rings. The predicted octanol–water partition coefficient (Wildman–Crippen LogP) is 4.93. The predicted molar refractivity (Wildman–Crippen MR) is 86.0 cm³/mol. The molecule has 0 radical (unpaired) electrons. The van der Waals surface area contributed by atoms with Crippen LogP contribution in [0, 0.1) is 10.1 Å². The second kappa shape index (κ2) is 7.24. The number of halogens is 2. The number of hydrogen-bond donors (Lipinski definition) is 0. The summed E-state index contributed by atoms with van der Waals surface area (Å²) in [6.07, 6.45) is 2.32. The molecule has 2 rings (SSSR count). The Kier molecular flexibility index (Phi) is 5.36. The number of hydrogen-bond acceptors (Lipinski definition) is 3. The average molecular weight is 369 g/mol. The van der Waals surface area contributed by atoms with Gasteiger partial charge in [-0.3, -0.25) is 10.1 Å². The topological polar surface area (TPSA) is 52.4 Å². The lowest BCUT2D eigenvalue weighted by molar-refractivity contribution is -0.400. The van der Waals surface area contributed by atoms with Crippen LogP contribution >= 0.6 is 27.5 Å². The van der Waals surface area contributed by atoms with Gasteiger partial charge in [-0.05, 0) is 51.3 Å². The van der Waals surface area contributed by atoms with Gasteiger partial charge in [0.25, 0.3) is 0 Å². The van der Waals surface area contributed by atoms with E-state index >= 15 is 0 Å². The summed E-state index contributed by atoms with van der Waals surface area (Å²) in [7, 11) is 0. The molecule has 0 aliphatic heterocycles. The Morgan fingerprint density at radius 1 is 1.24 bits per heavy atom. The third kappa shape index (κ3) is 4.88. The van der Waals surface area contributed by atoms with Crippen molar-refractivity contribution in [1.82, 2.24) is 0 Å². The maximum Gasteiger partial charge on any atom is 0.235 e. The van der Waals surface area contributed by atoms with Crippen molar-refractivity contribution in [3.8, 4) is 5.75 Å². The van der Waals surface area contributed by atoms with Crippen LogP contribution in [-0.2, 0) is 6.61 Å². The molecule has 0 saturated heterocycles. The third-order valence-corrected chi connectivity index (χ3v) is 3.52. The van der Waals surface area contributed by atoms with Gasteiger partial charge in [0.05, 0.1) is 9.40 Å². The Balaban J connectivity index is 2.04. The standard InChI is InChI=1S/C15H11BrClNO3/c16-14-9-11(7-8-18(19)20)3-6-15(14)21-10-12-1-4-13(17)5-2-12/h1-9H,10H2. The molecule has 6 heteroatoms. The fraction of sp³-hybridized carbons (Fsp3) is 0.0667. The van der Waals surface area contributed by atoms with E-state index in [-0.39, 0.29) is 0 Å². The Labute approximate surface area is 135 Å². The van der Waals surface area contributed by atoms with E-state index in [2.05, 4.69) is 15.9 Å². The van der Waals surface area contributed by atoms with Crippen molar-refractivity contribution in [3.05, 3.63) is 79.4 Å². The van der Waals surface area contributed by atoms with E-state index in [0.29, 0.717) is 17.4 Å². The van der Waals surface area contributed by atoms with Crippen LogP contribution in [0.1, 0.15) is 11.1 Å². The van der Waals surface area contributed by atoms with Crippen molar-refractivity contribution in [2.75, 3.05) is 0 Å². The molecule has 0 saturated carbocycles. The van der Waals surface area contributed by atoms with Crippen molar-refractivity contribution in [2.45, 2.75) is 6.61 Å². The lowest BCUT2D eigenvalue weighted by Gasteiger charge is -2.09. The smallest absolute Gasteiger partial charge is 0.235 e. The molecule has 0 atom stereocenters. The van der Waals surface area contributed by atoms with Gasteiger partial charge in [-0.25, -0.2) is 0 Å². The molecular formula is C15H11BrClNO3.